The van der Waals surface area contributed by atoms with Gasteiger partial charge in [0.1, 0.15) is 23.4 Å². The summed E-state index contributed by atoms with van der Waals surface area (Å²) >= 11 is 1.57. The molecular formula is C24H19N3O4S. The Bertz CT molecular complexity index is 1450. The molecule has 0 bridgehead atoms. The van der Waals surface area contributed by atoms with Crippen LogP contribution in [0.2, 0.25) is 0 Å². The molecule has 3 heterocycles. The highest BCUT2D eigenvalue weighted by Gasteiger charge is 2.20. The molecule has 0 fully saturated rings. The van der Waals surface area contributed by atoms with Crippen LogP contribution in [0.4, 0.5) is 5.69 Å². The van der Waals surface area contributed by atoms with Crippen LogP contribution in [0, 0.1) is 0 Å². The molecule has 1 amide bonds. The molecule has 160 valence electrons. The molecule has 0 unspecified atom stereocenters. The first-order chi connectivity index (χ1) is 15.6. The van der Waals surface area contributed by atoms with Gasteiger partial charge in [-0.3, -0.25) is 14.2 Å². The molecule has 0 radical (unpaired) electrons. The third kappa shape index (κ3) is 3.65. The van der Waals surface area contributed by atoms with Crippen LogP contribution in [0.25, 0.3) is 22.1 Å². The maximum atomic E-state index is 13.3. The van der Waals surface area contributed by atoms with Crippen molar-refractivity contribution in [2.75, 3.05) is 12.0 Å². The number of ether oxygens (including phenoxy) is 1. The summed E-state index contributed by atoms with van der Waals surface area (Å²) in [7, 11) is 1.59. The zero-order valence-electron chi connectivity index (χ0n) is 17.2. The molecule has 5 rings (SSSR count). The van der Waals surface area contributed by atoms with Crippen LogP contribution >= 0.6 is 11.3 Å². The van der Waals surface area contributed by atoms with Gasteiger partial charge >= 0.3 is 0 Å². The quantitative estimate of drug-likeness (QED) is 0.386. The number of amides is 1. The van der Waals surface area contributed by atoms with E-state index in [1.54, 1.807) is 41.5 Å². The van der Waals surface area contributed by atoms with Crippen molar-refractivity contribution in [3.05, 3.63) is 87.6 Å². The van der Waals surface area contributed by atoms with Crippen molar-refractivity contribution in [3.8, 4) is 5.75 Å². The Morgan fingerprint density at radius 1 is 1.12 bits per heavy atom. The van der Waals surface area contributed by atoms with Crippen molar-refractivity contribution >= 4 is 45.0 Å². The maximum absolute atomic E-state index is 13.3. The van der Waals surface area contributed by atoms with Crippen LogP contribution in [0.1, 0.15) is 4.88 Å². The summed E-state index contributed by atoms with van der Waals surface area (Å²) in [6, 6.07) is 18.5. The Balaban J connectivity index is 1.49. The molecule has 0 aliphatic carbocycles. The van der Waals surface area contributed by atoms with Crippen molar-refractivity contribution in [2.24, 2.45) is 0 Å². The Labute approximate surface area is 187 Å². The van der Waals surface area contributed by atoms with E-state index in [0.717, 1.165) is 16.0 Å². The molecule has 8 heteroatoms. The Morgan fingerprint density at radius 2 is 1.94 bits per heavy atom. The standard InChI is InChI=1S/C24H19N3O4S/c1-30-17-10-8-16(9-11-17)27(13-18-5-4-12-32-18)21(28)14-26-15-25-22-19-6-2-3-7-20(19)31-23(22)24(26)29/h2-12,15H,13-14H2,1H3. The number of carbonyl (C=O) groups is 1. The van der Waals surface area contributed by atoms with Gasteiger partial charge in [0.25, 0.3) is 5.56 Å². The van der Waals surface area contributed by atoms with Crippen LogP contribution in [-0.2, 0) is 17.9 Å². The highest BCUT2D eigenvalue weighted by Crippen LogP contribution is 2.25. The molecular weight excluding hydrogens is 426 g/mol. The van der Waals surface area contributed by atoms with Crippen LogP contribution in [0.15, 0.2) is 81.6 Å². The highest BCUT2D eigenvalue weighted by molar-refractivity contribution is 7.09. The number of furan rings is 1. The molecule has 32 heavy (non-hydrogen) atoms. The van der Waals surface area contributed by atoms with E-state index in [9.17, 15) is 9.59 Å². The molecule has 0 saturated carbocycles. The second-order valence-corrected chi connectivity index (χ2v) is 8.24. The van der Waals surface area contributed by atoms with Gasteiger partial charge in [0, 0.05) is 16.0 Å². The van der Waals surface area contributed by atoms with Crippen LogP contribution < -0.4 is 15.2 Å². The number of para-hydroxylation sites is 1. The van der Waals surface area contributed by atoms with E-state index in [1.165, 1.54) is 10.9 Å². The van der Waals surface area contributed by atoms with Crippen LogP contribution in [0.3, 0.4) is 0 Å². The lowest BCUT2D eigenvalue weighted by atomic mass is 10.2. The number of anilines is 1. The molecule has 2 aromatic carbocycles. The van der Waals surface area contributed by atoms with E-state index in [2.05, 4.69) is 4.98 Å². The minimum absolute atomic E-state index is 0.149. The number of nitrogens with zero attached hydrogens (tertiary/aromatic N) is 3. The molecule has 0 atom stereocenters. The minimum Gasteiger partial charge on any atom is -0.497 e. The van der Waals surface area contributed by atoms with Gasteiger partial charge in [-0.1, -0.05) is 18.2 Å². The lowest BCUT2D eigenvalue weighted by Gasteiger charge is -2.23. The first kappa shape index (κ1) is 20.0. The number of benzene rings is 2. The number of methoxy groups -OCH3 is 1. The number of fused-ring (bicyclic) bond motifs is 3. The van der Waals surface area contributed by atoms with Crippen molar-refractivity contribution in [3.63, 3.8) is 0 Å². The first-order valence-electron chi connectivity index (χ1n) is 9.97. The normalized spacial score (nSPS) is 11.2. The van der Waals surface area contributed by atoms with E-state index in [-0.39, 0.29) is 23.6 Å². The van der Waals surface area contributed by atoms with Gasteiger partial charge < -0.3 is 14.1 Å². The SMILES string of the molecule is COc1ccc(N(Cc2cccs2)C(=O)Cn2cnc3c(oc4ccccc43)c2=O)cc1. The fourth-order valence-electron chi connectivity index (χ4n) is 3.60. The predicted octanol–water partition coefficient (Wildman–Crippen LogP) is 4.45. The van der Waals surface area contributed by atoms with Gasteiger partial charge in [-0.2, -0.15) is 0 Å². The average Bonchev–Trinajstić information content (AvgIpc) is 3.47. The average molecular weight is 446 g/mol. The van der Waals surface area contributed by atoms with E-state index in [1.807, 2.05) is 47.8 Å². The second-order valence-electron chi connectivity index (χ2n) is 7.21. The third-order valence-corrected chi connectivity index (χ3v) is 6.10. The molecule has 7 nitrogen and oxygen atoms in total. The van der Waals surface area contributed by atoms with Crippen LogP contribution in [0.5, 0.6) is 5.75 Å². The predicted molar refractivity (Wildman–Crippen MR) is 124 cm³/mol. The van der Waals surface area contributed by atoms with Crippen molar-refractivity contribution in [2.45, 2.75) is 13.1 Å². The maximum Gasteiger partial charge on any atom is 0.297 e. The van der Waals surface area contributed by atoms with Crippen molar-refractivity contribution in [1.82, 2.24) is 9.55 Å². The number of hydrogen-bond acceptors (Lipinski definition) is 6. The summed E-state index contributed by atoms with van der Waals surface area (Å²) in [6.07, 6.45) is 1.40. The summed E-state index contributed by atoms with van der Waals surface area (Å²) in [4.78, 5) is 33.5. The summed E-state index contributed by atoms with van der Waals surface area (Å²) in [5, 5.41) is 2.74. The summed E-state index contributed by atoms with van der Waals surface area (Å²) in [5.74, 6) is 0.468. The fourth-order valence-corrected chi connectivity index (χ4v) is 4.30. The van der Waals surface area contributed by atoms with E-state index in [4.69, 9.17) is 9.15 Å². The van der Waals surface area contributed by atoms with Gasteiger partial charge in [-0.15, -0.1) is 11.3 Å². The molecule has 3 aromatic heterocycles. The molecule has 5 aromatic rings. The van der Waals surface area contributed by atoms with Gasteiger partial charge in [0.15, 0.2) is 0 Å². The van der Waals surface area contributed by atoms with E-state index in [0.29, 0.717) is 23.4 Å². The van der Waals surface area contributed by atoms with Gasteiger partial charge in [-0.25, -0.2) is 4.98 Å². The summed E-state index contributed by atoms with van der Waals surface area (Å²) in [6.45, 7) is 0.244. The lowest BCUT2D eigenvalue weighted by molar-refractivity contribution is -0.119. The number of rotatable bonds is 6. The third-order valence-electron chi connectivity index (χ3n) is 5.24. The number of thiophene rings is 1. The zero-order chi connectivity index (χ0) is 22.1. The zero-order valence-corrected chi connectivity index (χ0v) is 18.0. The van der Waals surface area contributed by atoms with Gasteiger partial charge in [0.2, 0.25) is 11.5 Å². The molecule has 0 N–H and O–H groups in total. The van der Waals surface area contributed by atoms with E-state index < -0.39 is 0 Å². The monoisotopic (exact) mass is 445 g/mol. The number of hydrogen-bond donors (Lipinski definition) is 0. The molecule has 0 spiro atoms. The Hall–Kier alpha value is -3.91. The van der Waals surface area contributed by atoms with Crippen molar-refractivity contribution < 1.29 is 13.9 Å². The number of aromatic nitrogens is 2. The fraction of sp³-hybridized carbons (Fsp3) is 0.125. The van der Waals surface area contributed by atoms with Crippen molar-refractivity contribution in [1.29, 1.82) is 0 Å². The number of carbonyl (C=O) groups excluding carboxylic acids is 1. The summed E-state index contributed by atoms with van der Waals surface area (Å²) < 4.78 is 12.2. The Morgan fingerprint density at radius 3 is 2.69 bits per heavy atom. The minimum atomic E-state index is -0.384. The van der Waals surface area contributed by atoms with Crippen LogP contribution in [-0.4, -0.2) is 22.6 Å². The molecule has 0 aliphatic heterocycles. The lowest BCUT2D eigenvalue weighted by Crippen LogP contribution is -2.36. The topological polar surface area (TPSA) is 77.6 Å². The van der Waals surface area contributed by atoms with Gasteiger partial charge in [0.05, 0.1) is 20.0 Å². The molecule has 0 aliphatic rings. The largest absolute Gasteiger partial charge is 0.497 e. The first-order valence-corrected chi connectivity index (χ1v) is 10.9. The van der Waals surface area contributed by atoms with E-state index >= 15 is 0 Å². The molecule has 0 saturated heterocycles. The second kappa shape index (κ2) is 8.32. The highest BCUT2D eigenvalue weighted by atomic mass is 32.1. The summed E-state index contributed by atoms with van der Waals surface area (Å²) in [5.41, 5.74) is 1.57. The Kier molecular flexibility index (Phi) is 5.20. The smallest absolute Gasteiger partial charge is 0.297 e. The van der Waals surface area contributed by atoms with Gasteiger partial charge in [-0.05, 0) is 47.8 Å².